The lowest BCUT2D eigenvalue weighted by atomic mass is 10.1. The van der Waals surface area contributed by atoms with Crippen molar-refractivity contribution in [3.8, 4) is 0 Å². The number of hydrogen-bond donors (Lipinski definition) is 5. The number of ketones is 1. The number of aliphatic carboxylic acids is 1. The van der Waals surface area contributed by atoms with Gasteiger partial charge in [-0.25, -0.2) is 0 Å². The SMILES string of the molecule is CCCCCNC(=O)C(CC(=O)O)NCCC.CCCCCNC(=O)CC(NCCC)C(C)=O. The quantitative estimate of drug-likeness (QED) is 0.167. The van der Waals surface area contributed by atoms with Crippen molar-refractivity contribution in [1.82, 2.24) is 21.3 Å². The van der Waals surface area contributed by atoms with Gasteiger partial charge in [0.15, 0.2) is 0 Å². The second kappa shape index (κ2) is 24.1. The van der Waals surface area contributed by atoms with Crippen LogP contribution in [0.15, 0.2) is 0 Å². The van der Waals surface area contributed by atoms with Crippen LogP contribution in [0.1, 0.15) is 98.8 Å². The molecular formula is C25H50N4O5. The highest BCUT2D eigenvalue weighted by Gasteiger charge is 2.20. The first-order valence-corrected chi connectivity index (χ1v) is 13.0. The van der Waals surface area contributed by atoms with Crippen molar-refractivity contribution in [2.45, 2.75) is 111 Å². The summed E-state index contributed by atoms with van der Waals surface area (Å²) in [4.78, 5) is 45.2. The third-order valence-corrected chi connectivity index (χ3v) is 5.04. The molecule has 0 rings (SSSR count). The summed E-state index contributed by atoms with van der Waals surface area (Å²) in [6, 6.07) is -0.949. The molecule has 9 heteroatoms. The number of carboxylic acid groups (broad SMARTS) is 1. The maximum Gasteiger partial charge on any atom is 0.305 e. The Kier molecular flexibility index (Phi) is 24.3. The van der Waals surface area contributed by atoms with E-state index in [1.54, 1.807) is 0 Å². The third kappa shape index (κ3) is 21.8. The lowest BCUT2D eigenvalue weighted by Gasteiger charge is -2.16. The molecule has 0 aliphatic rings. The Labute approximate surface area is 206 Å². The smallest absolute Gasteiger partial charge is 0.305 e. The van der Waals surface area contributed by atoms with Gasteiger partial charge in [0.05, 0.1) is 18.5 Å². The molecule has 5 N–H and O–H groups in total. The van der Waals surface area contributed by atoms with Crippen LogP contribution in [0, 0.1) is 0 Å². The summed E-state index contributed by atoms with van der Waals surface area (Å²) in [5.74, 6) is -1.17. The van der Waals surface area contributed by atoms with E-state index in [1.165, 1.54) is 6.92 Å². The van der Waals surface area contributed by atoms with Gasteiger partial charge in [-0.3, -0.25) is 19.2 Å². The molecule has 2 unspecified atom stereocenters. The van der Waals surface area contributed by atoms with Crippen LogP contribution in [0.3, 0.4) is 0 Å². The highest BCUT2D eigenvalue weighted by molar-refractivity contribution is 5.88. The van der Waals surface area contributed by atoms with E-state index in [0.717, 1.165) is 57.9 Å². The van der Waals surface area contributed by atoms with E-state index in [4.69, 9.17) is 5.11 Å². The molecule has 0 aromatic rings. The van der Waals surface area contributed by atoms with Crippen molar-refractivity contribution in [2.24, 2.45) is 0 Å². The molecule has 0 aromatic heterocycles. The Hall–Kier alpha value is -2.00. The summed E-state index contributed by atoms with van der Waals surface area (Å²) < 4.78 is 0. The maximum absolute atomic E-state index is 11.7. The molecule has 2 amide bonds. The van der Waals surface area contributed by atoms with E-state index in [2.05, 4.69) is 35.1 Å². The van der Waals surface area contributed by atoms with Crippen molar-refractivity contribution >= 4 is 23.6 Å². The summed E-state index contributed by atoms with van der Waals surface area (Å²) in [6.45, 7) is 12.5. The third-order valence-electron chi connectivity index (χ3n) is 5.04. The number of hydrogen-bond acceptors (Lipinski definition) is 6. The van der Waals surface area contributed by atoms with E-state index in [9.17, 15) is 19.2 Å². The van der Waals surface area contributed by atoms with Crippen LogP contribution in [-0.2, 0) is 19.2 Å². The average molecular weight is 487 g/mol. The molecule has 200 valence electrons. The lowest BCUT2D eigenvalue weighted by Crippen LogP contribution is -2.46. The Morgan fingerprint density at radius 3 is 1.59 bits per heavy atom. The van der Waals surface area contributed by atoms with Gasteiger partial charge < -0.3 is 26.4 Å². The van der Waals surface area contributed by atoms with Gasteiger partial charge >= 0.3 is 5.97 Å². The van der Waals surface area contributed by atoms with Gasteiger partial charge in [0.1, 0.15) is 5.78 Å². The minimum Gasteiger partial charge on any atom is -0.481 e. The zero-order valence-corrected chi connectivity index (χ0v) is 22.1. The van der Waals surface area contributed by atoms with Crippen LogP contribution in [0.2, 0.25) is 0 Å². The zero-order valence-electron chi connectivity index (χ0n) is 22.1. The molecule has 0 aliphatic carbocycles. The van der Waals surface area contributed by atoms with Crippen molar-refractivity contribution in [3.05, 3.63) is 0 Å². The lowest BCUT2D eigenvalue weighted by molar-refractivity contribution is -0.140. The second-order valence-corrected chi connectivity index (χ2v) is 8.48. The normalized spacial score (nSPS) is 12.1. The molecule has 0 saturated carbocycles. The summed E-state index contributed by atoms with van der Waals surface area (Å²) >= 11 is 0. The maximum atomic E-state index is 11.7. The highest BCUT2D eigenvalue weighted by atomic mass is 16.4. The molecule has 0 radical (unpaired) electrons. The molecule has 0 heterocycles. The average Bonchev–Trinajstić information content (AvgIpc) is 2.79. The molecule has 0 spiro atoms. The van der Waals surface area contributed by atoms with Gasteiger partial charge in [-0.2, -0.15) is 0 Å². The molecule has 0 aromatic carbocycles. The minimum absolute atomic E-state index is 0.0298. The largest absolute Gasteiger partial charge is 0.481 e. The predicted molar refractivity (Wildman–Crippen MR) is 137 cm³/mol. The van der Waals surface area contributed by atoms with Gasteiger partial charge in [0, 0.05) is 19.5 Å². The predicted octanol–water partition coefficient (Wildman–Crippen LogP) is 2.78. The Morgan fingerprint density at radius 1 is 0.647 bits per heavy atom. The molecule has 0 aliphatic heterocycles. The van der Waals surface area contributed by atoms with Gasteiger partial charge in [0.25, 0.3) is 0 Å². The van der Waals surface area contributed by atoms with E-state index in [-0.39, 0.29) is 36.5 Å². The van der Waals surface area contributed by atoms with Crippen molar-refractivity contribution in [3.63, 3.8) is 0 Å². The van der Waals surface area contributed by atoms with E-state index in [0.29, 0.717) is 19.6 Å². The molecule has 2 atom stereocenters. The van der Waals surface area contributed by atoms with Crippen LogP contribution in [0.5, 0.6) is 0 Å². The molecule has 0 fully saturated rings. The first-order valence-electron chi connectivity index (χ1n) is 13.0. The number of nitrogens with one attached hydrogen (secondary N) is 4. The van der Waals surface area contributed by atoms with Crippen LogP contribution in [-0.4, -0.2) is 66.9 Å². The van der Waals surface area contributed by atoms with Gasteiger partial charge in [-0.1, -0.05) is 53.4 Å². The van der Waals surface area contributed by atoms with Crippen molar-refractivity contribution < 1.29 is 24.3 Å². The summed E-state index contributed by atoms with van der Waals surface area (Å²) in [5.41, 5.74) is 0. The standard InChI is InChI=1S/C13H26N2O2.C12H24N2O3/c1-4-6-7-9-15-13(17)10-12(11(3)16)14-8-5-2;1-3-5-6-8-14-12(17)10(9-11(15)16)13-7-4-2/h12,14H,4-10H2,1-3H3,(H,15,17);10,13H,3-9H2,1-2H3,(H,14,17)(H,15,16). The van der Waals surface area contributed by atoms with E-state index >= 15 is 0 Å². The molecule has 0 bridgehead atoms. The number of rotatable bonds is 20. The molecular weight excluding hydrogens is 436 g/mol. The summed E-state index contributed by atoms with van der Waals surface area (Å²) in [5, 5.41) is 20.4. The number of carbonyl (C=O) groups excluding carboxylic acids is 3. The van der Waals surface area contributed by atoms with Crippen molar-refractivity contribution in [2.75, 3.05) is 26.2 Å². The summed E-state index contributed by atoms with van der Waals surface area (Å²) in [6.07, 6.45) is 8.32. The van der Waals surface area contributed by atoms with Crippen molar-refractivity contribution in [1.29, 1.82) is 0 Å². The van der Waals surface area contributed by atoms with Crippen LogP contribution in [0.4, 0.5) is 0 Å². The number of Topliss-reactive ketones (excluding diaryl/α,β-unsaturated/α-hetero) is 1. The number of amides is 2. The number of unbranched alkanes of at least 4 members (excludes halogenated alkanes) is 4. The Bertz CT molecular complexity index is 557. The monoisotopic (exact) mass is 486 g/mol. The van der Waals surface area contributed by atoms with Gasteiger partial charge in [-0.15, -0.1) is 0 Å². The minimum atomic E-state index is -0.956. The van der Waals surface area contributed by atoms with Gasteiger partial charge in [-0.05, 0) is 45.7 Å². The highest BCUT2D eigenvalue weighted by Crippen LogP contribution is 1.97. The molecule has 9 nitrogen and oxygen atoms in total. The van der Waals surface area contributed by atoms with E-state index < -0.39 is 12.0 Å². The first-order chi connectivity index (χ1) is 16.2. The van der Waals surface area contributed by atoms with Gasteiger partial charge in [0.2, 0.25) is 11.8 Å². The number of carboxylic acids is 1. The van der Waals surface area contributed by atoms with Crippen LogP contribution >= 0.6 is 0 Å². The fourth-order valence-corrected chi connectivity index (χ4v) is 3.00. The molecule has 0 saturated heterocycles. The summed E-state index contributed by atoms with van der Waals surface area (Å²) in [7, 11) is 0. The first kappa shape index (κ1) is 34.2. The number of carbonyl (C=O) groups is 4. The fraction of sp³-hybridized carbons (Fsp3) is 0.840. The zero-order chi connectivity index (χ0) is 26.2. The fourth-order valence-electron chi connectivity index (χ4n) is 3.00. The van der Waals surface area contributed by atoms with E-state index in [1.807, 2.05) is 13.8 Å². The van der Waals surface area contributed by atoms with Crippen LogP contribution in [0.25, 0.3) is 0 Å². The molecule has 34 heavy (non-hydrogen) atoms. The van der Waals surface area contributed by atoms with Crippen LogP contribution < -0.4 is 21.3 Å². The second-order valence-electron chi connectivity index (χ2n) is 8.48. The topological polar surface area (TPSA) is 137 Å². The Balaban J connectivity index is 0. The Morgan fingerprint density at radius 2 is 1.15 bits per heavy atom.